The number of halogens is 4. The van der Waals surface area contributed by atoms with Crippen LogP contribution >= 0.6 is 11.6 Å². The standard InChI is InChI=1S/C18H15ClF3NO/c19-12-7-5-11(6-8-12)13-9-10-16(13)23-17(24)14-3-1-2-4-15(14)18(20,21)22/h1-8,13,16H,9-10H2,(H,23,24). The van der Waals surface area contributed by atoms with E-state index in [1.807, 2.05) is 12.1 Å². The Labute approximate surface area is 142 Å². The third kappa shape index (κ3) is 3.41. The van der Waals surface area contributed by atoms with Crippen molar-refractivity contribution in [3.8, 4) is 0 Å². The van der Waals surface area contributed by atoms with Crippen molar-refractivity contribution < 1.29 is 18.0 Å². The predicted molar refractivity (Wildman–Crippen MR) is 86.1 cm³/mol. The first-order chi connectivity index (χ1) is 11.4. The molecular formula is C18H15ClF3NO. The molecule has 1 aliphatic carbocycles. The van der Waals surface area contributed by atoms with Crippen LogP contribution in [-0.4, -0.2) is 11.9 Å². The van der Waals surface area contributed by atoms with Gasteiger partial charge in [0.2, 0.25) is 0 Å². The van der Waals surface area contributed by atoms with E-state index in [1.54, 1.807) is 12.1 Å². The van der Waals surface area contributed by atoms with Crippen molar-refractivity contribution in [2.75, 3.05) is 0 Å². The number of rotatable bonds is 3. The van der Waals surface area contributed by atoms with E-state index in [0.29, 0.717) is 5.02 Å². The minimum absolute atomic E-state index is 0.101. The van der Waals surface area contributed by atoms with Gasteiger partial charge in [-0.2, -0.15) is 13.2 Å². The van der Waals surface area contributed by atoms with E-state index in [-0.39, 0.29) is 17.5 Å². The number of hydrogen-bond acceptors (Lipinski definition) is 1. The molecule has 0 aliphatic heterocycles. The summed E-state index contributed by atoms with van der Waals surface area (Å²) in [6, 6.07) is 12.0. The molecule has 0 spiro atoms. The molecule has 6 heteroatoms. The molecule has 2 aromatic rings. The molecule has 1 amide bonds. The summed E-state index contributed by atoms with van der Waals surface area (Å²) in [5.41, 5.74) is -0.225. The molecule has 2 unspecified atom stereocenters. The SMILES string of the molecule is O=C(NC1CCC1c1ccc(Cl)cc1)c1ccccc1C(F)(F)F. The van der Waals surface area contributed by atoms with Gasteiger partial charge in [0.15, 0.2) is 0 Å². The fraction of sp³-hybridized carbons (Fsp3) is 0.278. The lowest BCUT2D eigenvalue weighted by molar-refractivity contribution is -0.137. The Kier molecular flexibility index (Phi) is 4.54. The second-order valence-electron chi connectivity index (χ2n) is 5.86. The Morgan fingerprint density at radius 1 is 1.04 bits per heavy atom. The molecule has 24 heavy (non-hydrogen) atoms. The molecule has 0 heterocycles. The van der Waals surface area contributed by atoms with Crippen molar-refractivity contribution in [2.45, 2.75) is 31.0 Å². The minimum atomic E-state index is -4.55. The van der Waals surface area contributed by atoms with Gasteiger partial charge in [0.25, 0.3) is 5.91 Å². The molecule has 3 rings (SSSR count). The average molecular weight is 354 g/mol. The Balaban J connectivity index is 1.75. The molecule has 2 aromatic carbocycles. The first-order valence-electron chi connectivity index (χ1n) is 7.59. The molecule has 0 aromatic heterocycles. The number of hydrogen-bond donors (Lipinski definition) is 1. The summed E-state index contributed by atoms with van der Waals surface area (Å²) in [6.07, 6.45) is -2.93. The molecule has 1 saturated carbocycles. The van der Waals surface area contributed by atoms with Crippen molar-refractivity contribution >= 4 is 17.5 Å². The van der Waals surface area contributed by atoms with Crippen LogP contribution in [0.25, 0.3) is 0 Å². The quantitative estimate of drug-likeness (QED) is 0.823. The van der Waals surface area contributed by atoms with Gasteiger partial charge in [-0.3, -0.25) is 4.79 Å². The maximum Gasteiger partial charge on any atom is 0.417 e. The van der Waals surface area contributed by atoms with Crippen LogP contribution in [0.1, 0.15) is 40.2 Å². The average Bonchev–Trinajstić information content (AvgIpc) is 2.52. The Morgan fingerprint density at radius 3 is 2.29 bits per heavy atom. The second kappa shape index (κ2) is 6.48. The largest absolute Gasteiger partial charge is 0.417 e. The van der Waals surface area contributed by atoms with E-state index in [9.17, 15) is 18.0 Å². The summed E-state index contributed by atoms with van der Waals surface area (Å²) >= 11 is 5.86. The number of benzene rings is 2. The van der Waals surface area contributed by atoms with Gasteiger partial charge < -0.3 is 5.32 Å². The highest BCUT2D eigenvalue weighted by atomic mass is 35.5. The van der Waals surface area contributed by atoms with Gasteiger partial charge in [0.1, 0.15) is 0 Å². The van der Waals surface area contributed by atoms with Crippen LogP contribution in [0.5, 0.6) is 0 Å². The Morgan fingerprint density at radius 2 is 1.71 bits per heavy atom. The normalized spacial score (nSPS) is 20.3. The molecule has 1 fully saturated rings. The zero-order chi connectivity index (χ0) is 17.3. The van der Waals surface area contributed by atoms with Crippen LogP contribution in [0.3, 0.4) is 0 Å². The summed E-state index contributed by atoms with van der Waals surface area (Å²) in [5.74, 6) is -0.587. The molecule has 1 aliphatic rings. The van der Waals surface area contributed by atoms with E-state index in [0.717, 1.165) is 24.5 Å². The second-order valence-corrected chi connectivity index (χ2v) is 6.30. The van der Waals surface area contributed by atoms with Crippen molar-refractivity contribution in [3.63, 3.8) is 0 Å². The molecular weight excluding hydrogens is 339 g/mol. The van der Waals surface area contributed by atoms with E-state index >= 15 is 0 Å². The van der Waals surface area contributed by atoms with Crippen LogP contribution in [0.15, 0.2) is 48.5 Å². The lowest BCUT2D eigenvalue weighted by atomic mass is 9.75. The molecule has 0 saturated heterocycles. The molecule has 1 N–H and O–H groups in total. The van der Waals surface area contributed by atoms with Crippen LogP contribution in [0, 0.1) is 0 Å². The highest BCUT2D eigenvalue weighted by Gasteiger charge is 2.37. The number of carbonyl (C=O) groups is 1. The molecule has 0 radical (unpaired) electrons. The summed E-state index contributed by atoms with van der Waals surface area (Å²) in [6.45, 7) is 0. The van der Waals surface area contributed by atoms with Crippen LogP contribution in [0.2, 0.25) is 5.02 Å². The number of amides is 1. The zero-order valence-electron chi connectivity index (χ0n) is 12.6. The molecule has 2 atom stereocenters. The van der Waals surface area contributed by atoms with E-state index in [1.165, 1.54) is 18.2 Å². The summed E-state index contributed by atoms with van der Waals surface area (Å²) in [4.78, 5) is 12.3. The Hall–Kier alpha value is -2.01. The topological polar surface area (TPSA) is 29.1 Å². The highest BCUT2D eigenvalue weighted by Crippen LogP contribution is 2.38. The molecule has 0 bridgehead atoms. The smallest absolute Gasteiger partial charge is 0.349 e. The summed E-state index contributed by atoms with van der Waals surface area (Å²) in [7, 11) is 0. The monoisotopic (exact) mass is 353 g/mol. The molecule has 2 nitrogen and oxygen atoms in total. The van der Waals surface area contributed by atoms with E-state index in [4.69, 9.17) is 11.6 Å². The molecule has 126 valence electrons. The van der Waals surface area contributed by atoms with Gasteiger partial charge in [-0.05, 0) is 42.7 Å². The first kappa shape index (κ1) is 16.8. The van der Waals surface area contributed by atoms with Gasteiger partial charge in [-0.15, -0.1) is 0 Å². The third-order valence-electron chi connectivity index (χ3n) is 4.37. The van der Waals surface area contributed by atoms with Crippen LogP contribution in [-0.2, 0) is 6.18 Å². The number of nitrogens with one attached hydrogen (secondary N) is 1. The van der Waals surface area contributed by atoms with Gasteiger partial charge in [-0.1, -0.05) is 35.9 Å². The summed E-state index contributed by atoms with van der Waals surface area (Å²) < 4.78 is 39.1. The fourth-order valence-electron chi connectivity index (χ4n) is 2.96. The predicted octanol–water partition coefficient (Wildman–Crippen LogP) is 5.03. The van der Waals surface area contributed by atoms with Crippen molar-refractivity contribution in [1.29, 1.82) is 0 Å². The lowest BCUT2D eigenvalue weighted by Gasteiger charge is -2.37. The van der Waals surface area contributed by atoms with Crippen molar-refractivity contribution in [2.24, 2.45) is 0 Å². The minimum Gasteiger partial charge on any atom is -0.349 e. The van der Waals surface area contributed by atoms with Crippen LogP contribution < -0.4 is 5.32 Å². The summed E-state index contributed by atoms with van der Waals surface area (Å²) in [5, 5.41) is 3.36. The van der Waals surface area contributed by atoms with Gasteiger partial charge in [0, 0.05) is 17.0 Å². The Bertz CT molecular complexity index is 743. The lowest BCUT2D eigenvalue weighted by Crippen LogP contribution is -2.45. The van der Waals surface area contributed by atoms with Gasteiger partial charge >= 0.3 is 6.18 Å². The van der Waals surface area contributed by atoms with Crippen molar-refractivity contribution in [3.05, 3.63) is 70.2 Å². The highest BCUT2D eigenvalue weighted by molar-refractivity contribution is 6.30. The van der Waals surface area contributed by atoms with Crippen LogP contribution in [0.4, 0.5) is 13.2 Å². The van der Waals surface area contributed by atoms with E-state index < -0.39 is 17.6 Å². The first-order valence-corrected chi connectivity index (χ1v) is 7.96. The van der Waals surface area contributed by atoms with Crippen molar-refractivity contribution in [1.82, 2.24) is 5.32 Å². The fourth-order valence-corrected chi connectivity index (χ4v) is 3.08. The number of alkyl halides is 3. The third-order valence-corrected chi connectivity index (χ3v) is 4.62. The number of carbonyl (C=O) groups excluding carboxylic acids is 1. The van der Waals surface area contributed by atoms with Gasteiger partial charge in [0.05, 0.1) is 11.1 Å². The maximum atomic E-state index is 13.0. The zero-order valence-corrected chi connectivity index (χ0v) is 13.4. The maximum absolute atomic E-state index is 13.0. The van der Waals surface area contributed by atoms with E-state index in [2.05, 4.69) is 5.32 Å². The van der Waals surface area contributed by atoms with Gasteiger partial charge in [-0.25, -0.2) is 0 Å².